The zero-order valence-electron chi connectivity index (χ0n) is 9.62. The summed E-state index contributed by atoms with van der Waals surface area (Å²) in [6.45, 7) is 2.15. The lowest BCUT2D eigenvalue weighted by molar-refractivity contribution is -0.141. The Morgan fingerprint density at radius 2 is 2.00 bits per heavy atom. The Labute approximate surface area is 115 Å². The van der Waals surface area contributed by atoms with Crippen molar-refractivity contribution in [3.8, 4) is 6.07 Å². The van der Waals surface area contributed by atoms with E-state index < -0.39 is 5.41 Å². The largest absolute Gasteiger partial charge is 0.493 e. The normalized spacial score (nSPS) is 27.6. The number of ether oxygens (including phenoxy) is 2. The molecule has 5 nitrogen and oxygen atoms in total. The third-order valence-corrected chi connectivity index (χ3v) is 3.48. The maximum absolute atomic E-state index is 12.5. The minimum Gasteiger partial charge on any atom is -0.493 e. The third kappa shape index (κ3) is 2.16. The summed E-state index contributed by atoms with van der Waals surface area (Å²) in [6, 6.07) is 2.02. The van der Waals surface area contributed by atoms with Crippen molar-refractivity contribution in [2.45, 2.75) is 6.42 Å². The minimum absolute atomic E-state index is 0.0739. The molecule has 1 atom stereocenters. The molecular weight excluding hydrogens is 279 g/mol. The van der Waals surface area contributed by atoms with Crippen molar-refractivity contribution < 1.29 is 14.3 Å². The van der Waals surface area contributed by atoms with Crippen LogP contribution in [-0.2, 0) is 14.3 Å². The Bertz CT molecular complexity index is 422. The first-order valence-corrected chi connectivity index (χ1v) is 6.34. The quantitative estimate of drug-likeness (QED) is 0.733. The summed E-state index contributed by atoms with van der Waals surface area (Å²) in [6.07, 6.45) is 0.276. The van der Waals surface area contributed by atoms with E-state index in [1.54, 1.807) is 4.90 Å². The first-order chi connectivity index (χ1) is 8.62. The molecule has 2 saturated heterocycles. The van der Waals surface area contributed by atoms with Gasteiger partial charge in [0.2, 0.25) is 0 Å². The summed E-state index contributed by atoms with van der Waals surface area (Å²) < 4.78 is 10.3. The molecule has 0 aliphatic carbocycles. The molecule has 2 aliphatic heterocycles. The van der Waals surface area contributed by atoms with E-state index in [4.69, 9.17) is 32.7 Å². The van der Waals surface area contributed by atoms with Gasteiger partial charge in [-0.25, -0.2) is 0 Å². The number of carbonyl (C=O) groups excluding carboxylic acids is 1. The molecule has 7 heteroatoms. The van der Waals surface area contributed by atoms with Gasteiger partial charge in [0.25, 0.3) is 5.91 Å². The molecule has 0 radical (unpaired) electrons. The summed E-state index contributed by atoms with van der Waals surface area (Å²) in [7, 11) is 0. The van der Waals surface area contributed by atoms with Gasteiger partial charge in [-0.05, 0) is 0 Å². The molecule has 0 aromatic carbocycles. The summed E-state index contributed by atoms with van der Waals surface area (Å²) in [4.78, 5) is 14.1. The van der Waals surface area contributed by atoms with Crippen molar-refractivity contribution in [1.82, 2.24) is 4.90 Å². The third-order valence-electron chi connectivity index (χ3n) is 3.14. The number of rotatable bonds is 1. The van der Waals surface area contributed by atoms with Crippen molar-refractivity contribution in [3.63, 3.8) is 0 Å². The van der Waals surface area contributed by atoms with Crippen LogP contribution >= 0.6 is 23.2 Å². The van der Waals surface area contributed by atoms with E-state index in [0.717, 1.165) is 0 Å². The van der Waals surface area contributed by atoms with Crippen molar-refractivity contribution in [2.75, 3.05) is 32.9 Å². The maximum Gasteiger partial charge on any atom is 0.251 e. The van der Waals surface area contributed by atoms with Crippen LogP contribution < -0.4 is 0 Å². The summed E-state index contributed by atoms with van der Waals surface area (Å²) in [5, 5.41) is 9.38. The lowest BCUT2D eigenvalue weighted by atomic mass is 9.84. The highest BCUT2D eigenvalue weighted by Gasteiger charge is 2.51. The predicted molar refractivity (Wildman–Crippen MR) is 64.7 cm³/mol. The van der Waals surface area contributed by atoms with Crippen molar-refractivity contribution >= 4 is 29.1 Å². The second-order valence-electron chi connectivity index (χ2n) is 4.11. The van der Waals surface area contributed by atoms with E-state index >= 15 is 0 Å². The zero-order valence-corrected chi connectivity index (χ0v) is 11.1. The van der Waals surface area contributed by atoms with Crippen molar-refractivity contribution in [2.24, 2.45) is 5.41 Å². The van der Waals surface area contributed by atoms with Gasteiger partial charge in [-0.2, -0.15) is 5.26 Å². The van der Waals surface area contributed by atoms with Gasteiger partial charge in [0.1, 0.15) is 4.49 Å². The van der Waals surface area contributed by atoms with E-state index in [0.29, 0.717) is 26.3 Å². The molecule has 0 aromatic rings. The Balaban J connectivity index is 2.30. The number of morpholine rings is 1. The highest BCUT2D eigenvalue weighted by molar-refractivity contribution is 6.56. The lowest BCUT2D eigenvalue weighted by Crippen LogP contribution is -2.48. The Morgan fingerprint density at radius 1 is 1.33 bits per heavy atom. The van der Waals surface area contributed by atoms with E-state index in [-0.39, 0.29) is 29.2 Å². The van der Waals surface area contributed by atoms with Crippen LogP contribution in [0.1, 0.15) is 6.42 Å². The van der Waals surface area contributed by atoms with Crippen LogP contribution in [0.4, 0.5) is 0 Å². The summed E-state index contributed by atoms with van der Waals surface area (Å²) in [5.74, 6) is -0.232. The second kappa shape index (κ2) is 5.35. The van der Waals surface area contributed by atoms with E-state index in [2.05, 4.69) is 0 Å². The zero-order chi connectivity index (χ0) is 13.2. The average molecular weight is 291 g/mol. The molecule has 2 fully saturated rings. The first kappa shape index (κ1) is 13.5. The molecule has 2 rings (SSSR count). The fraction of sp³-hybridized carbons (Fsp3) is 0.636. The van der Waals surface area contributed by atoms with Gasteiger partial charge in [0.05, 0.1) is 25.9 Å². The van der Waals surface area contributed by atoms with Crippen LogP contribution in [0.25, 0.3) is 0 Å². The van der Waals surface area contributed by atoms with Crippen LogP contribution in [0.3, 0.4) is 0 Å². The van der Waals surface area contributed by atoms with Gasteiger partial charge in [-0.15, -0.1) is 0 Å². The van der Waals surface area contributed by atoms with Crippen LogP contribution in [-0.4, -0.2) is 43.7 Å². The van der Waals surface area contributed by atoms with Crippen LogP contribution in [0.5, 0.6) is 0 Å². The number of carbonyl (C=O) groups is 1. The van der Waals surface area contributed by atoms with E-state index in [1.165, 1.54) is 0 Å². The van der Waals surface area contributed by atoms with Gasteiger partial charge in [0.15, 0.2) is 11.2 Å². The van der Waals surface area contributed by atoms with Crippen LogP contribution in [0.15, 0.2) is 10.3 Å². The second-order valence-corrected chi connectivity index (χ2v) is 5.06. The van der Waals surface area contributed by atoms with Gasteiger partial charge in [-0.1, -0.05) is 23.2 Å². The molecule has 0 saturated carbocycles. The van der Waals surface area contributed by atoms with Gasteiger partial charge in [-0.3, -0.25) is 4.79 Å². The number of hydrogen-bond acceptors (Lipinski definition) is 4. The number of nitriles is 1. The average Bonchev–Trinajstić information content (AvgIpc) is 2.84. The fourth-order valence-corrected chi connectivity index (χ4v) is 2.59. The Kier molecular flexibility index (Phi) is 4.00. The lowest BCUT2D eigenvalue weighted by Gasteiger charge is -2.32. The van der Waals surface area contributed by atoms with Gasteiger partial charge < -0.3 is 14.4 Å². The van der Waals surface area contributed by atoms with E-state index in [1.807, 2.05) is 6.07 Å². The highest BCUT2D eigenvalue weighted by atomic mass is 35.5. The number of hydrogen-bond donors (Lipinski definition) is 0. The number of halogens is 2. The van der Waals surface area contributed by atoms with Crippen molar-refractivity contribution in [1.29, 1.82) is 5.26 Å². The van der Waals surface area contributed by atoms with Crippen LogP contribution in [0, 0.1) is 16.7 Å². The minimum atomic E-state index is -1.38. The fourth-order valence-electron chi connectivity index (χ4n) is 2.15. The molecule has 2 aliphatic rings. The molecule has 0 bridgehead atoms. The molecular formula is C11H12Cl2N2O3. The molecule has 2 heterocycles. The van der Waals surface area contributed by atoms with E-state index in [9.17, 15) is 10.1 Å². The van der Waals surface area contributed by atoms with Gasteiger partial charge >= 0.3 is 0 Å². The maximum atomic E-state index is 12.5. The van der Waals surface area contributed by atoms with Crippen molar-refractivity contribution in [3.05, 3.63) is 10.3 Å². The molecule has 98 valence electrons. The SMILES string of the molecule is N#CC1(C(=O)N2CCOCC2)CCOC1=C(Cl)Cl. The molecule has 1 unspecified atom stereocenters. The smallest absolute Gasteiger partial charge is 0.251 e. The first-order valence-electron chi connectivity index (χ1n) is 5.59. The molecule has 18 heavy (non-hydrogen) atoms. The molecule has 0 N–H and O–H groups in total. The number of nitrogens with zero attached hydrogens (tertiary/aromatic N) is 2. The Morgan fingerprint density at radius 3 is 2.56 bits per heavy atom. The van der Waals surface area contributed by atoms with Crippen LogP contribution in [0.2, 0.25) is 0 Å². The number of amides is 1. The molecule has 0 spiro atoms. The summed E-state index contributed by atoms with van der Waals surface area (Å²) >= 11 is 11.4. The Hall–Kier alpha value is -0.960. The molecule has 0 aromatic heterocycles. The highest BCUT2D eigenvalue weighted by Crippen LogP contribution is 2.43. The molecule has 1 amide bonds. The van der Waals surface area contributed by atoms with Gasteiger partial charge in [0, 0.05) is 19.5 Å². The summed E-state index contributed by atoms with van der Waals surface area (Å²) in [5.41, 5.74) is -1.38. The topological polar surface area (TPSA) is 62.6 Å². The standard InChI is InChI=1S/C11H12Cl2N2O3/c12-9(13)8-11(7-14,1-4-18-8)10(16)15-2-5-17-6-3-15/h1-6H2. The predicted octanol–water partition coefficient (Wildman–Crippen LogP) is 1.42. The monoisotopic (exact) mass is 290 g/mol.